The van der Waals surface area contributed by atoms with E-state index in [2.05, 4.69) is 0 Å². The van der Waals surface area contributed by atoms with E-state index in [1.54, 1.807) is 31.4 Å². The minimum Gasteiger partial charge on any atom is -0.508 e. The van der Waals surface area contributed by atoms with E-state index in [1.165, 1.54) is 12.1 Å². The Kier molecular flexibility index (Phi) is 3.93. The summed E-state index contributed by atoms with van der Waals surface area (Å²) in [5.74, 6) is 1.73. The van der Waals surface area contributed by atoms with E-state index in [4.69, 9.17) is 9.47 Å². The molecule has 1 aliphatic rings. The highest BCUT2D eigenvalue weighted by atomic mass is 16.5. The first-order valence-electron chi connectivity index (χ1n) is 7.08. The molecule has 2 aromatic carbocycles. The molecule has 3 rings (SSSR count). The van der Waals surface area contributed by atoms with Crippen molar-refractivity contribution in [3.05, 3.63) is 65.2 Å². The Hall–Kier alpha value is -3.70. The van der Waals surface area contributed by atoms with Crippen molar-refractivity contribution in [3.8, 4) is 29.4 Å². The van der Waals surface area contributed by atoms with Gasteiger partial charge in [-0.15, -0.1) is 0 Å². The molecule has 0 bridgehead atoms. The normalized spacial score (nSPS) is 12.1. The summed E-state index contributed by atoms with van der Waals surface area (Å²) in [7, 11) is 1.58. The maximum Gasteiger partial charge on any atom is 0.137 e. The molecule has 0 aromatic heterocycles. The van der Waals surface area contributed by atoms with Crippen molar-refractivity contribution in [2.45, 2.75) is 0 Å². The number of methoxy groups -OCH3 is 1. The Morgan fingerprint density at radius 2 is 1.79 bits per heavy atom. The molecule has 1 heterocycles. The topological polar surface area (TPSA) is 86.3 Å². The van der Waals surface area contributed by atoms with Gasteiger partial charge < -0.3 is 14.6 Å². The van der Waals surface area contributed by atoms with Crippen molar-refractivity contribution in [2.24, 2.45) is 0 Å². The maximum absolute atomic E-state index is 9.70. The van der Waals surface area contributed by atoms with Crippen molar-refractivity contribution >= 4 is 11.3 Å². The van der Waals surface area contributed by atoms with Crippen molar-refractivity contribution < 1.29 is 14.6 Å². The van der Waals surface area contributed by atoms with Crippen LogP contribution in [0, 0.1) is 22.7 Å². The Morgan fingerprint density at radius 1 is 1.08 bits per heavy atom. The molecule has 0 saturated carbocycles. The summed E-state index contributed by atoms with van der Waals surface area (Å²) < 4.78 is 11.0. The number of ether oxygens (including phenoxy) is 2. The summed E-state index contributed by atoms with van der Waals surface area (Å²) in [5.41, 5.74) is 1.66. The lowest BCUT2D eigenvalue weighted by Crippen LogP contribution is -2.04. The molecule has 5 heteroatoms. The molecule has 116 valence electrons. The van der Waals surface area contributed by atoms with Gasteiger partial charge in [0.1, 0.15) is 40.7 Å². The predicted octanol–water partition coefficient (Wildman–Crippen LogP) is 3.64. The van der Waals surface area contributed by atoms with Crippen LogP contribution in [0.25, 0.3) is 11.3 Å². The maximum atomic E-state index is 9.70. The number of phenols is 1. The molecule has 0 saturated heterocycles. The molecule has 24 heavy (non-hydrogen) atoms. The number of hydrogen-bond donors (Lipinski definition) is 1. The van der Waals surface area contributed by atoms with Crippen LogP contribution < -0.4 is 9.47 Å². The number of fused-ring (bicyclic) bond motifs is 1. The third kappa shape index (κ3) is 2.67. The summed E-state index contributed by atoms with van der Waals surface area (Å²) >= 11 is 0. The molecular weight excluding hydrogens is 304 g/mol. The quantitative estimate of drug-likeness (QED) is 0.855. The van der Waals surface area contributed by atoms with Crippen LogP contribution in [-0.2, 0) is 0 Å². The Morgan fingerprint density at radius 3 is 2.42 bits per heavy atom. The summed E-state index contributed by atoms with van der Waals surface area (Å²) in [4.78, 5) is 0. The minimum absolute atomic E-state index is 0.0337. The standard InChI is InChI=1S/C19H12N2O3/c1-23-15-5-2-12(3-6-15)19-9-16(13(10-20)11-21)17-8-14(22)4-7-18(17)24-19/h2-9,22H,1H3. The second-order valence-corrected chi connectivity index (χ2v) is 5.03. The number of phenolic OH excluding ortho intramolecular Hbond substituents is 1. The zero-order valence-electron chi connectivity index (χ0n) is 12.8. The lowest BCUT2D eigenvalue weighted by molar-refractivity contribution is 0.414. The largest absolute Gasteiger partial charge is 0.508 e. The number of nitriles is 2. The molecule has 1 aliphatic heterocycles. The van der Waals surface area contributed by atoms with Gasteiger partial charge in [0.05, 0.1) is 7.11 Å². The highest BCUT2D eigenvalue weighted by Crippen LogP contribution is 2.40. The number of allylic oxidation sites excluding steroid dienone is 3. The van der Waals surface area contributed by atoms with Crippen LogP contribution in [0.1, 0.15) is 11.1 Å². The second-order valence-electron chi connectivity index (χ2n) is 5.03. The van der Waals surface area contributed by atoms with Gasteiger partial charge in [-0.05, 0) is 48.5 Å². The van der Waals surface area contributed by atoms with Gasteiger partial charge in [-0.2, -0.15) is 10.5 Å². The van der Waals surface area contributed by atoms with Crippen LogP contribution in [0.5, 0.6) is 17.2 Å². The van der Waals surface area contributed by atoms with Crippen LogP contribution >= 0.6 is 0 Å². The summed E-state index contributed by atoms with van der Waals surface area (Å²) in [5, 5.41) is 28.1. The molecule has 1 N–H and O–H groups in total. The molecule has 0 atom stereocenters. The Labute approximate surface area is 138 Å². The molecule has 0 spiro atoms. The SMILES string of the molecule is COc1ccc(C2=CC(=C(C#N)C#N)c3cc(O)ccc3O2)cc1. The van der Waals surface area contributed by atoms with Crippen LogP contribution in [-0.4, -0.2) is 12.2 Å². The van der Waals surface area contributed by atoms with Crippen molar-refractivity contribution in [3.63, 3.8) is 0 Å². The highest BCUT2D eigenvalue weighted by Gasteiger charge is 2.21. The van der Waals surface area contributed by atoms with E-state index in [9.17, 15) is 15.6 Å². The zero-order valence-corrected chi connectivity index (χ0v) is 12.8. The van der Waals surface area contributed by atoms with Gasteiger partial charge in [0.2, 0.25) is 0 Å². The van der Waals surface area contributed by atoms with E-state index in [0.717, 1.165) is 5.56 Å². The van der Waals surface area contributed by atoms with Crippen molar-refractivity contribution in [2.75, 3.05) is 7.11 Å². The molecule has 0 unspecified atom stereocenters. The molecule has 5 nitrogen and oxygen atoms in total. The monoisotopic (exact) mass is 316 g/mol. The van der Waals surface area contributed by atoms with Crippen LogP contribution in [0.2, 0.25) is 0 Å². The minimum atomic E-state index is -0.0452. The molecule has 0 radical (unpaired) electrons. The fourth-order valence-corrected chi connectivity index (χ4v) is 2.42. The lowest BCUT2D eigenvalue weighted by Gasteiger charge is -2.21. The van der Waals surface area contributed by atoms with Crippen LogP contribution in [0.15, 0.2) is 54.1 Å². The third-order valence-electron chi connectivity index (χ3n) is 3.62. The first-order chi connectivity index (χ1) is 11.7. The zero-order chi connectivity index (χ0) is 17.1. The van der Waals surface area contributed by atoms with E-state index in [0.29, 0.717) is 28.4 Å². The fraction of sp³-hybridized carbons (Fsp3) is 0.0526. The molecule has 0 amide bonds. The third-order valence-corrected chi connectivity index (χ3v) is 3.62. The van der Waals surface area contributed by atoms with E-state index in [-0.39, 0.29) is 11.3 Å². The fourth-order valence-electron chi connectivity index (χ4n) is 2.42. The van der Waals surface area contributed by atoms with Gasteiger partial charge in [0, 0.05) is 16.7 Å². The first kappa shape index (κ1) is 15.2. The summed E-state index contributed by atoms with van der Waals surface area (Å²) in [6.45, 7) is 0. The highest BCUT2D eigenvalue weighted by molar-refractivity contribution is 5.92. The summed E-state index contributed by atoms with van der Waals surface area (Å²) in [6, 6.07) is 15.6. The number of hydrogen-bond acceptors (Lipinski definition) is 5. The molecule has 2 aromatic rings. The van der Waals surface area contributed by atoms with Crippen molar-refractivity contribution in [1.29, 1.82) is 10.5 Å². The van der Waals surface area contributed by atoms with Crippen LogP contribution in [0.3, 0.4) is 0 Å². The number of aromatic hydroxyl groups is 1. The van der Waals surface area contributed by atoms with Gasteiger partial charge >= 0.3 is 0 Å². The van der Waals surface area contributed by atoms with Crippen LogP contribution in [0.4, 0.5) is 0 Å². The van der Waals surface area contributed by atoms with Crippen molar-refractivity contribution in [1.82, 2.24) is 0 Å². The first-order valence-corrected chi connectivity index (χ1v) is 7.08. The lowest BCUT2D eigenvalue weighted by atomic mass is 9.95. The molecule has 0 fully saturated rings. The Balaban J connectivity index is 2.17. The average Bonchev–Trinajstić information content (AvgIpc) is 2.63. The van der Waals surface area contributed by atoms with E-state index < -0.39 is 0 Å². The smallest absolute Gasteiger partial charge is 0.137 e. The average molecular weight is 316 g/mol. The predicted molar refractivity (Wildman–Crippen MR) is 87.9 cm³/mol. The van der Waals surface area contributed by atoms with E-state index in [1.807, 2.05) is 24.3 Å². The molecular formula is C19H12N2O3. The van der Waals surface area contributed by atoms with E-state index >= 15 is 0 Å². The van der Waals surface area contributed by atoms with Gasteiger partial charge in [-0.3, -0.25) is 0 Å². The number of rotatable bonds is 2. The van der Waals surface area contributed by atoms with Gasteiger partial charge in [-0.1, -0.05) is 0 Å². The number of benzene rings is 2. The Bertz CT molecular complexity index is 926. The van der Waals surface area contributed by atoms with Gasteiger partial charge in [0.25, 0.3) is 0 Å². The molecule has 0 aliphatic carbocycles. The second kappa shape index (κ2) is 6.20. The van der Waals surface area contributed by atoms with Gasteiger partial charge in [0.15, 0.2) is 0 Å². The number of nitrogens with zero attached hydrogens (tertiary/aromatic N) is 2. The summed E-state index contributed by atoms with van der Waals surface area (Å²) in [6.07, 6.45) is 1.63. The van der Waals surface area contributed by atoms with Gasteiger partial charge in [-0.25, -0.2) is 0 Å².